The first kappa shape index (κ1) is 21.1. The van der Waals surface area contributed by atoms with Gasteiger partial charge < -0.3 is 26.3 Å². The number of rotatable bonds is 5. The minimum absolute atomic E-state index is 0.131. The summed E-state index contributed by atoms with van der Waals surface area (Å²) >= 11 is 0. The number of urea groups is 1. The van der Waals surface area contributed by atoms with E-state index in [1.54, 1.807) is 0 Å². The second kappa shape index (κ2) is 8.99. The summed E-state index contributed by atoms with van der Waals surface area (Å²) in [5.41, 5.74) is 7.18. The molecule has 3 amide bonds. The molecule has 1 aliphatic rings. The molecule has 0 bridgehead atoms. The predicted molar refractivity (Wildman–Crippen MR) is 137 cm³/mol. The number of para-hydroxylation sites is 1. The zero-order valence-corrected chi connectivity index (χ0v) is 18.5. The molecule has 0 radical (unpaired) electrons. The molecule has 0 fully saturated rings. The van der Waals surface area contributed by atoms with Gasteiger partial charge in [-0.15, -0.1) is 0 Å². The number of fused-ring (bicyclic) bond motifs is 1. The molecular weight excluding hydrogens is 426 g/mol. The average Bonchev–Trinajstić information content (AvgIpc) is 3.44. The molecule has 0 saturated heterocycles. The van der Waals surface area contributed by atoms with Gasteiger partial charge in [-0.2, -0.15) is 0 Å². The fourth-order valence-corrected chi connectivity index (χ4v) is 3.81. The standard InChI is InChI=1S/C27H23N5O2/c1-17-9-10-21(31-27(34)30-18-6-3-2-4-7-18)15-24(17)29-20-11-12-22-23(14-19-8-5-13-28-19)26(33)32-25(22)16-20/h2-16,28-29H,1H3,(H,32,33)(H2,30,31,34)/b23-14-. The van der Waals surface area contributed by atoms with Crippen molar-refractivity contribution in [2.45, 2.75) is 6.92 Å². The number of carbonyl (C=O) groups is 2. The van der Waals surface area contributed by atoms with E-state index >= 15 is 0 Å². The smallest absolute Gasteiger partial charge is 0.323 e. The van der Waals surface area contributed by atoms with E-state index < -0.39 is 0 Å². The summed E-state index contributed by atoms with van der Waals surface area (Å²) in [6.07, 6.45) is 3.66. The lowest BCUT2D eigenvalue weighted by Crippen LogP contribution is -2.19. The number of anilines is 5. The Kier molecular flexibility index (Phi) is 5.58. The number of H-pyrrole nitrogens is 1. The Morgan fingerprint density at radius 3 is 2.44 bits per heavy atom. The second-order valence-corrected chi connectivity index (χ2v) is 8.00. The Hall–Kier alpha value is -4.78. The van der Waals surface area contributed by atoms with E-state index in [1.165, 1.54) is 0 Å². The molecule has 7 heteroatoms. The van der Waals surface area contributed by atoms with Crippen molar-refractivity contribution in [3.05, 3.63) is 102 Å². The molecule has 4 aromatic rings. The minimum atomic E-state index is -0.317. The molecule has 1 aliphatic heterocycles. The molecule has 2 heterocycles. The molecule has 0 spiro atoms. The monoisotopic (exact) mass is 449 g/mol. The highest BCUT2D eigenvalue weighted by atomic mass is 16.2. The molecule has 7 nitrogen and oxygen atoms in total. The van der Waals surface area contributed by atoms with Crippen LogP contribution in [0.3, 0.4) is 0 Å². The number of benzene rings is 3. The predicted octanol–water partition coefficient (Wildman–Crippen LogP) is 6.20. The number of nitrogens with one attached hydrogen (secondary N) is 5. The Balaban J connectivity index is 1.32. The number of aryl methyl sites for hydroxylation is 1. The normalized spacial score (nSPS) is 13.3. The van der Waals surface area contributed by atoms with Crippen molar-refractivity contribution < 1.29 is 9.59 Å². The molecule has 34 heavy (non-hydrogen) atoms. The van der Waals surface area contributed by atoms with Crippen LogP contribution in [0.5, 0.6) is 0 Å². The molecular formula is C27H23N5O2. The zero-order chi connectivity index (χ0) is 23.5. The minimum Gasteiger partial charge on any atom is -0.362 e. The van der Waals surface area contributed by atoms with Gasteiger partial charge in [-0.25, -0.2) is 4.79 Å². The van der Waals surface area contributed by atoms with Crippen LogP contribution in [-0.4, -0.2) is 16.9 Å². The van der Waals surface area contributed by atoms with Crippen LogP contribution in [0.25, 0.3) is 11.6 Å². The van der Waals surface area contributed by atoms with Gasteiger partial charge in [0, 0.05) is 40.2 Å². The molecule has 168 valence electrons. The lowest BCUT2D eigenvalue weighted by Gasteiger charge is -2.14. The number of hydrogen-bond donors (Lipinski definition) is 5. The molecule has 3 aromatic carbocycles. The Morgan fingerprint density at radius 1 is 0.853 bits per heavy atom. The first-order valence-corrected chi connectivity index (χ1v) is 10.9. The fourth-order valence-electron chi connectivity index (χ4n) is 3.81. The van der Waals surface area contributed by atoms with Crippen LogP contribution in [0, 0.1) is 6.92 Å². The second-order valence-electron chi connectivity index (χ2n) is 8.00. The summed E-state index contributed by atoms with van der Waals surface area (Å²) in [6.45, 7) is 1.99. The van der Waals surface area contributed by atoms with Gasteiger partial charge in [0.25, 0.3) is 5.91 Å². The molecule has 5 N–H and O–H groups in total. The van der Waals surface area contributed by atoms with Gasteiger partial charge in [0.1, 0.15) is 0 Å². The van der Waals surface area contributed by atoms with Crippen LogP contribution in [0.1, 0.15) is 16.8 Å². The summed E-state index contributed by atoms with van der Waals surface area (Å²) in [6, 6.07) is 24.2. The van der Waals surface area contributed by atoms with Crippen LogP contribution in [0.4, 0.5) is 33.2 Å². The first-order chi connectivity index (χ1) is 16.5. The van der Waals surface area contributed by atoms with Gasteiger partial charge in [0.2, 0.25) is 0 Å². The van der Waals surface area contributed by atoms with E-state index in [0.717, 1.165) is 39.6 Å². The van der Waals surface area contributed by atoms with Crippen LogP contribution in [0.2, 0.25) is 0 Å². The maximum atomic E-state index is 12.5. The number of carbonyl (C=O) groups excluding carboxylic acids is 2. The summed E-state index contributed by atoms with van der Waals surface area (Å²) < 4.78 is 0. The maximum absolute atomic E-state index is 12.5. The van der Waals surface area contributed by atoms with E-state index in [1.807, 2.05) is 98.1 Å². The SMILES string of the molecule is Cc1ccc(NC(=O)Nc2ccccc2)cc1Nc1ccc2c(c1)NC(=O)/C2=C\c1ccc[nH]1. The Morgan fingerprint density at radius 2 is 1.65 bits per heavy atom. The number of aromatic amines is 1. The van der Waals surface area contributed by atoms with Crippen molar-refractivity contribution in [3.63, 3.8) is 0 Å². The highest BCUT2D eigenvalue weighted by Crippen LogP contribution is 2.36. The number of amides is 3. The largest absolute Gasteiger partial charge is 0.362 e. The Labute approximate surface area is 196 Å². The summed E-state index contributed by atoms with van der Waals surface area (Å²) in [5.74, 6) is -0.131. The van der Waals surface area contributed by atoms with Crippen LogP contribution in [0.15, 0.2) is 85.1 Å². The van der Waals surface area contributed by atoms with Gasteiger partial charge in [-0.1, -0.05) is 30.3 Å². The van der Waals surface area contributed by atoms with Gasteiger partial charge in [-0.05, 0) is 67.1 Å². The number of aromatic nitrogens is 1. The van der Waals surface area contributed by atoms with E-state index in [-0.39, 0.29) is 11.9 Å². The van der Waals surface area contributed by atoms with Crippen molar-refractivity contribution in [2.75, 3.05) is 21.3 Å². The van der Waals surface area contributed by atoms with Crippen molar-refractivity contribution in [2.24, 2.45) is 0 Å². The topological polar surface area (TPSA) is 98.0 Å². The third kappa shape index (κ3) is 4.54. The average molecular weight is 450 g/mol. The van der Waals surface area contributed by atoms with Gasteiger partial charge in [-0.3, -0.25) is 4.79 Å². The molecule has 0 aliphatic carbocycles. The number of hydrogen-bond acceptors (Lipinski definition) is 3. The molecule has 5 rings (SSSR count). The molecule has 0 atom stereocenters. The fraction of sp³-hybridized carbons (Fsp3) is 0.0370. The van der Waals surface area contributed by atoms with Crippen molar-refractivity contribution in [3.8, 4) is 0 Å². The summed E-state index contributed by atoms with van der Waals surface area (Å²) in [5, 5.41) is 12.0. The van der Waals surface area contributed by atoms with Gasteiger partial charge >= 0.3 is 6.03 Å². The van der Waals surface area contributed by atoms with E-state index in [9.17, 15) is 9.59 Å². The molecule has 1 aromatic heterocycles. The van der Waals surface area contributed by atoms with E-state index in [2.05, 4.69) is 26.3 Å². The first-order valence-electron chi connectivity index (χ1n) is 10.9. The van der Waals surface area contributed by atoms with Gasteiger partial charge in [0.15, 0.2) is 0 Å². The van der Waals surface area contributed by atoms with Gasteiger partial charge in [0.05, 0.1) is 11.3 Å². The third-order valence-corrected chi connectivity index (χ3v) is 5.53. The quantitative estimate of drug-likeness (QED) is 0.235. The van der Waals surface area contributed by atoms with Crippen molar-refractivity contribution >= 4 is 52.0 Å². The summed E-state index contributed by atoms with van der Waals surface area (Å²) in [7, 11) is 0. The Bertz CT molecular complexity index is 1390. The van der Waals surface area contributed by atoms with E-state index in [0.29, 0.717) is 11.3 Å². The highest BCUT2D eigenvalue weighted by molar-refractivity contribution is 6.35. The summed E-state index contributed by atoms with van der Waals surface area (Å²) in [4.78, 5) is 27.9. The van der Waals surface area contributed by atoms with Crippen molar-refractivity contribution in [1.29, 1.82) is 0 Å². The van der Waals surface area contributed by atoms with Crippen LogP contribution < -0.4 is 21.3 Å². The van der Waals surface area contributed by atoms with Crippen LogP contribution in [-0.2, 0) is 4.79 Å². The van der Waals surface area contributed by atoms with E-state index in [4.69, 9.17) is 0 Å². The maximum Gasteiger partial charge on any atom is 0.323 e. The highest BCUT2D eigenvalue weighted by Gasteiger charge is 2.24. The molecule has 0 unspecified atom stereocenters. The van der Waals surface area contributed by atoms with Crippen LogP contribution >= 0.6 is 0 Å². The van der Waals surface area contributed by atoms with Crippen molar-refractivity contribution in [1.82, 2.24) is 4.98 Å². The lowest BCUT2D eigenvalue weighted by molar-refractivity contribution is -0.110. The molecule has 0 saturated carbocycles. The zero-order valence-electron chi connectivity index (χ0n) is 18.5. The third-order valence-electron chi connectivity index (χ3n) is 5.53. The lowest BCUT2D eigenvalue weighted by atomic mass is 10.1.